The highest BCUT2D eigenvalue weighted by Gasteiger charge is 2.38. The molecule has 156 valence electrons. The van der Waals surface area contributed by atoms with Gasteiger partial charge in [-0.05, 0) is 67.2 Å². The summed E-state index contributed by atoms with van der Waals surface area (Å²) >= 11 is 0. The van der Waals surface area contributed by atoms with Gasteiger partial charge >= 0.3 is 5.97 Å². The first kappa shape index (κ1) is 21.3. The third-order valence-corrected chi connectivity index (χ3v) is 7.45. The second-order valence-corrected chi connectivity index (χ2v) is 9.20. The number of rotatable bonds is 6. The average molecular weight is 388 g/mol. The normalized spacial score (nSPS) is 28.1. The van der Waals surface area contributed by atoms with E-state index in [-0.39, 0.29) is 17.5 Å². The Hall–Kier alpha value is -1.39. The van der Waals surface area contributed by atoms with Crippen LogP contribution in [0.2, 0.25) is 0 Å². The molecule has 3 rings (SSSR count). The molecule has 1 aromatic carbocycles. The van der Waals surface area contributed by atoms with Gasteiger partial charge in [-0.3, -0.25) is 0 Å². The van der Waals surface area contributed by atoms with Crippen LogP contribution in [0, 0.1) is 11.8 Å². The second kappa shape index (κ2) is 9.41. The molecule has 1 saturated carbocycles. The van der Waals surface area contributed by atoms with Crippen molar-refractivity contribution in [2.45, 2.75) is 70.3 Å². The third-order valence-electron chi connectivity index (χ3n) is 7.45. The zero-order valence-corrected chi connectivity index (χ0v) is 17.8. The Labute approximate surface area is 170 Å². The van der Waals surface area contributed by atoms with Crippen molar-refractivity contribution in [3.63, 3.8) is 0 Å². The number of carbonyl (C=O) groups excluding carboxylic acids is 1. The Kier molecular flexibility index (Phi) is 7.16. The van der Waals surface area contributed by atoms with E-state index in [0.717, 1.165) is 32.5 Å². The van der Waals surface area contributed by atoms with Gasteiger partial charge in [0.1, 0.15) is 0 Å². The number of methoxy groups -OCH3 is 1. The molecule has 1 aromatic rings. The van der Waals surface area contributed by atoms with Gasteiger partial charge in [0, 0.05) is 13.1 Å². The van der Waals surface area contributed by atoms with E-state index in [4.69, 9.17) is 4.74 Å². The lowest BCUT2D eigenvalue weighted by Crippen LogP contribution is -2.48. The first-order valence-corrected chi connectivity index (χ1v) is 11.0. The maximum absolute atomic E-state index is 11.9. The van der Waals surface area contributed by atoms with Gasteiger partial charge in [-0.1, -0.05) is 45.2 Å². The van der Waals surface area contributed by atoms with Crippen LogP contribution in [0.4, 0.5) is 0 Å². The molecule has 4 heteroatoms. The Morgan fingerprint density at radius 3 is 2.75 bits per heavy atom. The van der Waals surface area contributed by atoms with Crippen molar-refractivity contribution in [1.82, 2.24) is 4.90 Å². The molecule has 0 spiro atoms. The van der Waals surface area contributed by atoms with Crippen molar-refractivity contribution >= 4 is 5.97 Å². The highest BCUT2D eigenvalue weighted by molar-refractivity contribution is 5.89. The van der Waals surface area contributed by atoms with Crippen molar-refractivity contribution in [3.8, 4) is 0 Å². The lowest BCUT2D eigenvalue weighted by molar-refractivity contribution is 0.0502. The summed E-state index contributed by atoms with van der Waals surface area (Å²) in [4.78, 5) is 14.4. The predicted octanol–water partition coefficient (Wildman–Crippen LogP) is 4.40. The number of aliphatic hydroxyl groups excluding tert-OH is 1. The molecule has 0 radical (unpaired) electrons. The van der Waals surface area contributed by atoms with Gasteiger partial charge in [0.25, 0.3) is 0 Å². The number of carbonyl (C=O) groups is 1. The molecule has 1 aliphatic heterocycles. The molecular formula is C24H37NO3. The summed E-state index contributed by atoms with van der Waals surface area (Å²) in [5.41, 5.74) is 1.92. The van der Waals surface area contributed by atoms with E-state index in [2.05, 4.69) is 24.8 Å². The summed E-state index contributed by atoms with van der Waals surface area (Å²) in [5.74, 6) is 0.732. The van der Waals surface area contributed by atoms with Crippen LogP contribution < -0.4 is 0 Å². The highest BCUT2D eigenvalue weighted by atomic mass is 16.5. The monoisotopic (exact) mass is 387 g/mol. The molecule has 1 saturated heterocycles. The fourth-order valence-corrected chi connectivity index (χ4v) is 5.14. The largest absolute Gasteiger partial charge is 0.465 e. The van der Waals surface area contributed by atoms with Gasteiger partial charge < -0.3 is 14.7 Å². The Balaban J connectivity index is 1.57. The molecule has 2 fully saturated rings. The van der Waals surface area contributed by atoms with Crippen molar-refractivity contribution in [2.75, 3.05) is 26.7 Å². The molecule has 1 aliphatic carbocycles. The Morgan fingerprint density at radius 2 is 2.07 bits per heavy atom. The van der Waals surface area contributed by atoms with Crippen molar-refractivity contribution in [1.29, 1.82) is 0 Å². The van der Waals surface area contributed by atoms with Crippen molar-refractivity contribution < 1.29 is 14.6 Å². The third kappa shape index (κ3) is 4.77. The van der Waals surface area contributed by atoms with Crippen LogP contribution in [0.15, 0.2) is 24.3 Å². The van der Waals surface area contributed by atoms with Crippen LogP contribution in [0.25, 0.3) is 0 Å². The fourth-order valence-electron chi connectivity index (χ4n) is 5.14. The Morgan fingerprint density at radius 1 is 1.32 bits per heavy atom. The van der Waals surface area contributed by atoms with Crippen LogP contribution in [0.3, 0.4) is 0 Å². The van der Waals surface area contributed by atoms with Gasteiger partial charge in [0.2, 0.25) is 0 Å². The number of ether oxygens (including phenoxy) is 1. The van der Waals surface area contributed by atoms with Crippen LogP contribution in [-0.4, -0.2) is 48.8 Å². The van der Waals surface area contributed by atoms with Gasteiger partial charge in [-0.2, -0.15) is 0 Å². The van der Waals surface area contributed by atoms with E-state index >= 15 is 0 Å². The van der Waals surface area contributed by atoms with Crippen molar-refractivity contribution in [3.05, 3.63) is 35.4 Å². The van der Waals surface area contributed by atoms with E-state index in [9.17, 15) is 9.90 Å². The van der Waals surface area contributed by atoms with Crippen LogP contribution in [-0.2, 0) is 10.2 Å². The summed E-state index contributed by atoms with van der Waals surface area (Å²) < 4.78 is 4.89. The van der Waals surface area contributed by atoms with E-state index in [1.165, 1.54) is 44.8 Å². The molecule has 0 aromatic heterocycles. The summed E-state index contributed by atoms with van der Waals surface area (Å²) in [7, 11) is 1.43. The average Bonchev–Trinajstić information content (AvgIpc) is 2.74. The molecule has 0 amide bonds. The summed E-state index contributed by atoms with van der Waals surface area (Å²) in [5, 5.41) is 10.6. The van der Waals surface area contributed by atoms with E-state index in [1.807, 2.05) is 18.2 Å². The zero-order valence-electron chi connectivity index (χ0n) is 17.8. The molecule has 1 heterocycles. The summed E-state index contributed by atoms with van der Waals surface area (Å²) in [6.07, 6.45) is 8.13. The summed E-state index contributed by atoms with van der Waals surface area (Å²) in [6.45, 7) is 7.70. The molecular weight excluding hydrogens is 350 g/mol. The molecule has 3 atom stereocenters. The number of piperidine rings is 1. The van der Waals surface area contributed by atoms with Crippen LogP contribution >= 0.6 is 0 Å². The quantitative estimate of drug-likeness (QED) is 0.735. The summed E-state index contributed by atoms with van der Waals surface area (Å²) in [6, 6.07) is 7.94. The SMILES string of the molecule is COC(=O)c1cccc(C2(C)CCN(CCC(O)C3CCCCC3)CC2C)c1. The fraction of sp³-hybridized carbons (Fsp3) is 0.708. The molecule has 2 aliphatic rings. The highest BCUT2D eigenvalue weighted by Crippen LogP contribution is 2.40. The first-order chi connectivity index (χ1) is 13.4. The minimum atomic E-state index is -0.271. The first-order valence-electron chi connectivity index (χ1n) is 11.0. The van der Waals surface area contributed by atoms with E-state index in [0.29, 0.717) is 17.4 Å². The number of nitrogens with zero attached hydrogens (tertiary/aromatic N) is 1. The van der Waals surface area contributed by atoms with Gasteiger partial charge in [0.15, 0.2) is 0 Å². The zero-order chi connectivity index (χ0) is 20.1. The van der Waals surface area contributed by atoms with Gasteiger partial charge in [-0.25, -0.2) is 4.79 Å². The van der Waals surface area contributed by atoms with Crippen molar-refractivity contribution in [2.24, 2.45) is 11.8 Å². The van der Waals surface area contributed by atoms with Gasteiger partial charge in [-0.15, -0.1) is 0 Å². The predicted molar refractivity (Wildman–Crippen MR) is 113 cm³/mol. The topological polar surface area (TPSA) is 49.8 Å². The van der Waals surface area contributed by atoms with Crippen LogP contribution in [0.5, 0.6) is 0 Å². The minimum absolute atomic E-state index is 0.0581. The lowest BCUT2D eigenvalue weighted by atomic mass is 9.68. The lowest BCUT2D eigenvalue weighted by Gasteiger charge is -2.45. The van der Waals surface area contributed by atoms with Gasteiger partial charge in [0.05, 0.1) is 18.8 Å². The molecule has 4 nitrogen and oxygen atoms in total. The number of likely N-dealkylation sites (tertiary alicyclic amines) is 1. The standard InChI is InChI=1S/C24H37NO3/c1-18-17-25(14-12-22(26)19-8-5-4-6-9-19)15-13-24(18,2)21-11-7-10-20(16-21)23(27)28-3/h7,10-11,16,18-19,22,26H,4-6,8-9,12-15,17H2,1-3H3. The van der Waals surface area contributed by atoms with E-state index in [1.54, 1.807) is 0 Å². The number of benzene rings is 1. The maximum atomic E-state index is 11.9. The molecule has 0 bridgehead atoms. The minimum Gasteiger partial charge on any atom is -0.465 e. The molecule has 28 heavy (non-hydrogen) atoms. The Bertz CT molecular complexity index is 655. The smallest absolute Gasteiger partial charge is 0.337 e. The number of esters is 1. The second-order valence-electron chi connectivity index (χ2n) is 9.20. The van der Waals surface area contributed by atoms with Crippen LogP contribution in [0.1, 0.15) is 74.7 Å². The number of hydrogen-bond acceptors (Lipinski definition) is 4. The van der Waals surface area contributed by atoms with E-state index < -0.39 is 0 Å². The molecule has 3 unspecified atom stereocenters. The number of hydrogen-bond donors (Lipinski definition) is 1. The number of aliphatic hydroxyl groups is 1. The molecule has 1 N–H and O–H groups in total. The maximum Gasteiger partial charge on any atom is 0.337 e.